The number of hydrogen-bond acceptors (Lipinski definition) is 3. The first-order valence-electron chi connectivity index (χ1n) is 7.61. The summed E-state index contributed by atoms with van der Waals surface area (Å²) in [5, 5.41) is 3.01. The van der Waals surface area contributed by atoms with Crippen molar-refractivity contribution in [3.8, 4) is 0 Å². The minimum absolute atomic E-state index is 0.0439. The molecule has 1 N–H and O–H groups in total. The molecule has 0 spiro atoms. The molecular weight excluding hydrogens is 264 g/mol. The first-order chi connectivity index (χ1) is 10.1. The molecule has 1 saturated heterocycles. The molecule has 0 unspecified atom stereocenters. The lowest BCUT2D eigenvalue weighted by molar-refractivity contribution is 0.142. The molecule has 1 fully saturated rings. The average molecular weight is 290 g/mol. The Balaban J connectivity index is 1.78. The van der Waals surface area contributed by atoms with E-state index in [4.69, 9.17) is 0 Å². The minimum Gasteiger partial charge on any atom is -0.378 e. The largest absolute Gasteiger partial charge is 0.378 e. The Morgan fingerprint density at radius 2 is 1.76 bits per heavy atom. The van der Waals surface area contributed by atoms with Crippen molar-refractivity contribution >= 4 is 11.7 Å². The molecule has 0 radical (unpaired) electrons. The highest BCUT2D eigenvalue weighted by atomic mass is 16.2. The van der Waals surface area contributed by atoms with Gasteiger partial charge in [-0.2, -0.15) is 0 Å². The van der Waals surface area contributed by atoms with Crippen LogP contribution in [0.25, 0.3) is 0 Å². The maximum absolute atomic E-state index is 12.1. The van der Waals surface area contributed by atoms with E-state index in [9.17, 15) is 4.79 Å². The van der Waals surface area contributed by atoms with Crippen molar-refractivity contribution < 1.29 is 4.79 Å². The number of rotatable bonds is 4. The van der Waals surface area contributed by atoms with Gasteiger partial charge in [0.05, 0.1) is 0 Å². The van der Waals surface area contributed by atoms with E-state index in [0.29, 0.717) is 6.54 Å². The van der Waals surface area contributed by atoms with E-state index >= 15 is 0 Å². The summed E-state index contributed by atoms with van der Waals surface area (Å²) in [6.07, 6.45) is 0. The van der Waals surface area contributed by atoms with Crippen molar-refractivity contribution in [2.24, 2.45) is 0 Å². The molecule has 1 aromatic carbocycles. The summed E-state index contributed by atoms with van der Waals surface area (Å²) in [7, 11) is 4.04. The van der Waals surface area contributed by atoms with Gasteiger partial charge in [0, 0.05) is 52.5 Å². The zero-order chi connectivity index (χ0) is 15.2. The number of nitrogens with one attached hydrogen (secondary N) is 1. The summed E-state index contributed by atoms with van der Waals surface area (Å²) in [5.41, 5.74) is 2.29. The van der Waals surface area contributed by atoms with Gasteiger partial charge in [0.2, 0.25) is 0 Å². The standard InChI is InChI=1S/C16H26N4O/c1-4-19-9-11-20(12-10-19)16(21)17-13-14-5-7-15(8-6-14)18(2)3/h5-8H,4,9-13H2,1-3H3,(H,17,21). The van der Waals surface area contributed by atoms with Gasteiger partial charge in [-0.25, -0.2) is 4.79 Å². The van der Waals surface area contributed by atoms with E-state index in [2.05, 4.69) is 46.3 Å². The lowest BCUT2D eigenvalue weighted by Gasteiger charge is -2.34. The maximum atomic E-state index is 12.1. The number of benzene rings is 1. The van der Waals surface area contributed by atoms with Crippen LogP contribution in [0.3, 0.4) is 0 Å². The monoisotopic (exact) mass is 290 g/mol. The van der Waals surface area contributed by atoms with Crippen LogP contribution in [-0.4, -0.2) is 62.7 Å². The summed E-state index contributed by atoms with van der Waals surface area (Å²) in [5.74, 6) is 0. The predicted molar refractivity (Wildman–Crippen MR) is 86.7 cm³/mol. The van der Waals surface area contributed by atoms with Crippen LogP contribution >= 0.6 is 0 Å². The first kappa shape index (κ1) is 15.6. The van der Waals surface area contributed by atoms with Gasteiger partial charge in [0.25, 0.3) is 0 Å². The second kappa shape index (κ2) is 7.31. The van der Waals surface area contributed by atoms with Crippen LogP contribution in [0.1, 0.15) is 12.5 Å². The molecule has 1 aromatic rings. The molecule has 0 atom stereocenters. The van der Waals surface area contributed by atoms with Gasteiger partial charge < -0.3 is 20.0 Å². The van der Waals surface area contributed by atoms with E-state index < -0.39 is 0 Å². The zero-order valence-corrected chi connectivity index (χ0v) is 13.3. The van der Waals surface area contributed by atoms with Crippen LogP contribution in [-0.2, 0) is 6.54 Å². The molecule has 5 heteroatoms. The van der Waals surface area contributed by atoms with Crippen molar-refractivity contribution in [3.05, 3.63) is 29.8 Å². The van der Waals surface area contributed by atoms with Crippen LogP contribution in [0.5, 0.6) is 0 Å². The smallest absolute Gasteiger partial charge is 0.317 e. The number of carbonyl (C=O) groups is 1. The molecule has 21 heavy (non-hydrogen) atoms. The van der Waals surface area contributed by atoms with E-state index in [1.165, 1.54) is 5.69 Å². The van der Waals surface area contributed by atoms with Crippen molar-refractivity contribution in [1.29, 1.82) is 0 Å². The Morgan fingerprint density at radius 3 is 2.29 bits per heavy atom. The molecule has 2 amide bonds. The van der Waals surface area contributed by atoms with E-state index in [1.807, 2.05) is 19.0 Å². The maximum Gasteiger partial charge on any atom is 0.317 e. The summed E-state index contributed by atoms with van der Waals surface area (Å²) in [6.45, 7) is 7.39. The Labute approximate surface area is 127 Å². The van der Waals surface area contributed by atoms with Crippen LogP contribution in [0.4, 0.5) is 10.5 Å². The van der Waals surface area contributed by atoms with Crippen molar-refractivity contribution in [3.63, 3.8) is 0 Å². The molecular formula is C16H26N4O. The van der Waals surface area contributed by atoms with Gasteiger partial charge in [-0.1, -0.05) is 19.1 Å². The highest BCUT2D eigenvalue weighted by Gasteiger charge is 2.19. The number of urea groups is 1. The summed E-state index contributed by atoms with van der Waals surface area (Å²) in [6, 6.07) is 8.31. The first-order valence-corrected chi connectivity index (χ1v) is 7.61. The summed E-state index contributed by atoms with van der Waals surface area (Å²) >= 11 is 0. The number of anilines is 1. The highest BCUT2D eigenvalue weighted by molar-refractivity contribution is 5.74. The molecule has 0 aliphatic carbocycles. The topological polar surface area (TPSA) is 38.8 Å². The van der Waals surface area contributed by atoms with Crippen LogP contribution < -0.4 is 10.2 Å². The Kier molecular flexibility index (Phi) is 5.44. The van der Waals surface area contributed by atoms with Gasteiger partial charge in [0.15, 0.2) is 0 Å². The van der Waals surface area contributed by atoms with Crippen molar-refractivity contribution in [2.75, 3.05) is 51.7 Å². The number of piperazine rings is 1. The zero-order valence-electron chi connectivity index (χ0n) is 13.3. The lowest BCUT2D eigenvalue weighted by Crippen LogP contribution is -2.51. The predicted octanol–water partition coefficient (Wildman–Crippen LogP) is 1.60. The molecule has 0 saturated carbocycles. The third-order valence-electron chi connectivity index (χ3n) is 4.00. The molecule has 0 bridgehead atoms. The quantitative estimate of drug-likeness (QED) is 0.915. The fourth-order valence-corrected chi connectivity index (χ4v) is 2.47. The van der Waals surface area contributed by atoms with Gasteiger partial charge in [-0.15, -0.1) is 0 Å². The Morgan fingerprint density at radius 1 is 1.14 bits per heavy atom. The third kappa shape index (κ3) is 4.36. The van der Waals surface area contributed by atoms with Gasteiger partial charge >= 0.3 is 6.03 Å². The van der Waals surface area contributed by atoms with E-state index in [0.717, 1.165) is 38.3 Å². The van der Waals surface area contributed by atoms with Crippen molar-refractivity contribution in [2.45, 2.75) is 13.5 Å². The molecule has 2 rings (SSSR count). The summed E-state index contributed by atoms with van der Waals surface area (Å²) in [4.78, 5) is 18.5. The molecule has 0 aromatic heterocycles. The Hall–Kier alpha value is -1.75. The van der Waals surface area contributed by atoms with E-state index in [1.54, 1.807) is 0 Å². The normalized spacial score (nSPS) is 15.9. The third-order valence-corrected chi connectivity index (χ3v) is 4.00. The molecule has 1 heterocycles. The van der Waals surface area contributed by atoms with Crippen LogP contribution in [0.15, 0.2) is 24.3 Å². The lowest BCUT2D eigenvalue weighted by atomic mass is 10.2. The number of hydrogen-bond donors (Lipinski definition) is 1. The highest BCUT2D eigenvalue weighted by Crippen LogP contribution is 2.12. The fraction of sp³-hybridized carbons (Fsp3) is 0.562. The van der Waals surface area contributed by atoms with Crippen LogP contribution in [0.2, 0.25) is 0 Å². The number of likely N-dealkylation sites (N-methyl/N-ethyl adjacent to an activating group) is 1. The molecule has 1 aliphatic rings. The fourth-order valence-electron chi connectivity index (χ4n) is 2.47. The second-order valence-electron chi connectivity index (χ2n) is 5.64. The Bertz CT molecular complexity index is 450. The minimum atomic E-state index is 0.0439. The number of nitrogens with zero attached hydrogens (tertiary/aromatic N) is 3. The molecule has 116 valence electrons. The SMILES string of the molecule is CCN1CCN(C(=O)NCc2ccc(N(C)C)cc2)CC1. The van der Waals surface area contributed by atoms with E-state index in [-0.39, 0.29) is 6.03 Å². The van der Waals surface area contributed by atoms with Crippen molar-refractivity contribution in [1.82, 2.24) is 15.1 Å². The van der Waals surface area contributed by atoms with Gasteiger partial charge in [-0.05, 0) is 24.2 Å². The summed E-state index contributed by atoms with van der Waals surface area (Å²) < 4.78 is 0. The number of amides is 2. The number of carbonyl (C=O) groups excluding carboxylic acids is 1. The molecule has 1 aliphatic heterocycles. The van der Waals surface area contributed by atoms with Gasteiger partial charge in [-0.3, -0.25) is 0 Å². The van der Waals surface area contributed by atoms with Gasteiger partial charge in [0.1, 0.15) is 0 Å². The van der Waals surface area contributed by atoms with Crippen LogP contribution in [0, 0.1) is 0 Å². The second-order valence-corrected chi connectivity index (χ2v) is 5.64. The average Bonchev–Trinajstić information content (AvgIpc) is 2.53. The molecule has 5 nitrogen and oxygen atoms in total.